The summed E-state index contributed by atoms with van der Waals surface area (Å²) < 4.78 is 0.727. The molecule has 1 aliphatic rings. The van der Waals surface area contributed by atoms with E-state index in [0.717, 1.165) is 9.21 Å². The van der Waals surface area contributed by atoms with Gasteiger partial charge in [-0.15, -0.1) is 11.3 Å². The van der Waals surface area contributed by atoms with Crippen LogP contribution >= 0.6 is 22.9 Å². The molecular formula is C14H18ClNO3S. The van der Waals surface area contributed by atoms with Crippen molar-refractivity contribution in [3.63, 3.8) is 0 Å². The van der Waals surface area contributed by atoms with Crippen molar-refractivity contribution in [3.05, 3.63) is 21.3 Å². The van der Waals surface area contributed by atoms with Gasteiger partial charge in [-0.05, 0) is 30.9 Å². The van der Waals surface area contributed by atoms with Crippen LogP contribution in [0.25, 0.3) is 0 Å². The van der Waals surface area contributed by atoms with Gasteiger partial charge in [-0.1, -0.05) is 18.5 Å². The lowest BCUT2D eigenvalue weighted by atomic mass is 9.90. The predicted octanol–water partition coefficient (Wildman–Crippen LogP) is 2.90. The molecule has 4 nitrogen and oxygen atoms in total. The zero-order valence-electron chi connectivity index (χ0n) is 11.3. The molecule has 110 valence electrons. The summed E-state index contributed by atoms with van der Waals surface area (Å²) in [7, 11) is 0. The number of thiophene rings is 1. The number of rotatable bonds is 4. The van der Waals surface area contributed by atoms with Crippen molar-refractivity contribution in [2.75, 3.05) is 13.1 Å². The van der Waals surface area contributed by atoms with E-state index in [4.69, 9.17) is 16.7 Å². The number of hydrogen-bond donors (Lipinski definition) is 1. The average molecular weight is 316 g/mol. The van der Waals surface area contributed by atoms with Crippen LogP contribution in [-0.2, 0) is 16.0 Å². The van der Waals surface area contributed by atoms with E-state index in [9.17, 15) is 9.59 Å². The Morgan fingerprint density at radius 3 is 2.80 bits per heavy atom. The number of amides is 1. The van der Waals surface area contributed by atoms with E-state index in [0.29, 0.717) is 32.4 Å². The lowest BCUT2D eigenvalue weighted by molar-refractivity contribution is -0.146. The number of carboxylic acid groups (broad SMARTS) is 1. The highest BCUT2D eigenvalue weighted by Crippen LogP contribution is 2.25. The molecule has 0 aromatic carbocycles. The van der Waals surface area contributed by atoms with Crippen LogP contribution < -0.4 is 0 Å². The Labute approximate surface area is 127 Å². The summed E-state index contributed by atoms with van der Waals surface area (Å²) in [4.78, 5) is 26.1. The van der Waals surface area contributed by atoms with E-state index < -0.39 is 11.9 Å². The number of halogens is 1. The van der Waals surface area contributed by atoms with Crippen molar-refractivity contribution < 1.29 is 14.7 Å². The van der Waals surface area contributed by atoms with Gasteiger partial charge in [0.15, 0.2) is 0 Å². The topological polar surface area (TPSA) is 57.6 Å². The minimum atomic E-state index is -0.806. The third-order valence-corrected chi connectivity index (χ3v) is 4.87. The van der Waals surface area contributed by atoms with Gasteiger partial charge in [0.25, 0.3) is 0 Å². The van der Waals surface area contributed by atoms with Gasteiger partial charge in [-0.3, -0.25) is 9.59 Å². The second kappa shape index (κ2) is 6.59. The molecule has 0 saturated carbocycles. The maximum Gasteiger partial charge on any atom is 0.308 e. The molecule has 0 aliphatic carbocycles. The summed E-state index contributed by atoms with van der Waals surface area (Å²) in [5, 5.41) is 9.12. The van der Waals surface area contributed by atoms with Crippen LogP contribution in [0.4, 0.5) is 0 Å². The predicted molar refractivity (Wildman–Crippen MR) is 79.1 cm³/mol. The first-order valence-electron chi connectivity index (χ1n) is 6.70. The minimum Gasteiger partial charge on any atom is -0.481 e. The van der Waals surface area contributed by atoms with E-state index in [-0.39, 0.29) is 11.8 Å². The molecule has 1 saturated heterocycles. The van der Waals surface area contributed by atoms with Crippen molar-refractivity contribution in [3.8, 4) is 0 Å². The molecule has 2 atom stereocenters. The van der Waals surface area contributed by atoms with Crippen LogP contribution in [0.5, 0.6) is 0 Å². The van der Waals surface area contributed by atoms with Crippen LogP contribution in [0.3, 0.4) is 0 Å². The second-order valence-electron chi connectivity index (χ2n) is 5.38. The van der Waals surface area contributed by atoms with Crippen LogP contribution in [0.15, 0.2) is 12.1 Å². The summed E-state index contributed by atoms with van der Waals surface area (Å²) in [6.45, 7) is 2.99. The molecule has 1 N–H and O–H groups in total. The third-order valence-electron chi connectivity index (χ3n) is 3.58. The fourth-order valence-electron chi connectivity index (χ4n) is 2.61. The van der Waals surface area contributed by atoms with Gasteiger partial charge >= 0.3 is 5.97 Å². The number of carbonyl (C=O) groups is 2. The highest BCUT2D eigenvalue weighted by atomic mass is 35.5. The quantitative estimate of drug-likeness (QED) is 0.929. The summed E-state index contributed by atoms with van der Waals surface area (Å²) in [6.07, 6.45) is 1.73. The molecule has 6 heteroatoms. The summed E-state index contributed by atoms with van der Waals surface area (Å²) >= 11 is 7.34. The van der Waals surface area contributed by atoms with Crippen LogP contribution in [0.1, 0.15) is 24.6 Å². The van der Waals surface area contributed by atoms with Gasteiger partial charge in [0.2, 0.25) is 5.91 Å². The number of nitrogens with zero attached hydrogens (tertiary/aromatic N) is 1. The molecule has 1 amide bonds. The van der Waals surface area contributed by atoms with Gasteiger partial charge in [0, 0.05) is 24.4 Å². The molecule has 20 heavy (non-hydrogen) atoms. The Morgan fingerprint density at radius 1 is 1.45 bits per heavy atom. The number of piperidine rings is 1. The zero-order chi connectivity index (χ0) is 14.7. The highest BCUT2D eigenvalue weighted by molar-refractivity contribution is 7.16. The van der Waals surface area contributed by atoms with Gasteiger partial charge in [-0.2, -0.15) is 0 Å². The first-order valence-corrected chi connectivity index (χ1v) is 7.90. The monoisotopic (exact) mass is 315 g/mol. The fraction of sp³-hybridized carbons (Fsp3) is 0.571. The highest BCUT2D eigenvalue weighted by Gasteiger charge is 2.31. The number of carbonyl (C=O) groups excluding carboxylic acids is 1. The summed E-state index contributed by atoms with van der Waals surface area (Å²) in [6, 6.07) is 3.76. The van der Waals surface area contributed by atoms with Crippen molar-refractivity contribution in [1.82, 2.24) is 4.90 Å². The number of aliphatic carboxylic acids is 1. The Kier molecular flexibility index (Phi) is 5.05. The van der Waals surface area contributed by atoms with Crippen molar-refractivity contribution in [2.45, 2.75) is 26.2 Å². The number of aryl methyl sites for hydroxylation is 1. The van der Waals surface area contributed by atoms with E-state index in [1.165, 1.54) is 11.3 Å². The summed E-state index contributed by atoms with van der Waals surface area (Å²) in [5.74, 6) is -0.962. The van der Waals surface area contributed by atoms with Gasteiger partial charge in [0.05, 0.1) is 10.3 Å². The van der Waals surface area contributed by atoms with E-state index in [1.54, 1.807) is 4.90 Å². The fourth-order valence-corrected chi connectivity index (χ4v) is 3.70. The summed E-state index contributed by atoms with van der Waals surface area (Å²) in [5.41, 5.74) is 0. The average Bonchev–Trinajstić information content (AvgIpc) is 2.81. The molecule has 2 unspecified atom stereocenters. The zero-order valence-corrected chi connectivity index (χ0v) is 12.9. The molecule has 1 fully saturated rings. The van der Waals surface area contributed by atoms with Gasteiger partial charge < -0.3 is 10.0 Å². The van der Waals surface area contributed by atoms with E-state index in [2.05, 4.69) is 0 Å². The second-order valence-corrected chi connectivity index (χ2v) is 7.18. The lowest BCUT2D eigenvalue weighted by Gasteiger charge is -2.34. The van der Waals surface area contributed by atoms with Crippen LogP contribution in [-0.4, -0.2) is 35.0 Å². The molecule has 0 bridgehead atoms. The van der Waals surface area contributed by atoms with Crippen molar-refractivity contribution in [2.24, 2.45) is 11.8 Å². The number of likely N-dealkylation sites (tertiary alicyclic amines) is 1. The maximum absolute atomic E-state index is 12.2. The Morgan fingerprint density at radius 2 is 2.20 bits per heavy atom. The molecule has 1 aliphatic heterocycles. The molecule has 0 radical (unpaired) electrons. The van der Waals surface area contributed by atoms with Crippen LogP contribution in [0.2, 0.25) is 4.34 Å². The maximum atomic E-state index is 12.2. The standard InChI is InChI=1S/C14H18ClNO3S/c1-9-6-10(14(18)19)8-16(7-9)13(17)5-3-11-2-4-12(15)20-11/h2,4,9-10H,3,5-8H2,1H3,(H,18,19). The lowest BCUT2D eigenvalue weighted by Crippen LogP contribution is -2.45. The first kappa shape index (κ1) is 15.3. The molecule has 1 aromatic heterocycles. The molecule has 2 heterocycles. The van der Waals surface area contributed by atoms with E-state index >= 15 is 0 Å². The van der Waals surface area contributed by atoms with Crippen LogP contribution in [0, 0.1) is 11.8 Å². The van der Waals surface area contributed by atoms with Gasteiger partial charge in [0.1, 0.15) is 0 Å². The Bertz CT molecular complexity index is 502. The van der Waals surface area contributed by atoms with Gasteiger partial charge in [-0.25, -0.2) is 0 Å². The molecule has 2 rings (SSSR count). The molecule has 1 aromatic rings. The molecular weight excluding hydrogens is 298 g/mol. The number of hydrogen-bond acceptors (Lipinski definition) is 3. The van der Waals surface area contributed by atoms with Crippen molar-refractivity contribution >= 4 is 34.8 Å². The SMILES string of the molecule is CC1CC(C(=O)O)CN(C(=O)CCc2ccc(Cl)s2)C1. The van der Waals surface area contributed by atoms with E-state index in [1.807, 2.05) is 19.1 Å². The largest absolute Gasteiger partial charge is 0.481 e. The minimum absolute atomic E-state index is 0.0346. The molecule has 0 spiro atoms. The first-order chi connectivity index (χ1) is 9.45. The Hall–Kier alpha value is -1.07. The number of carboxylic acids is 1. The smallest absolute Gasteiger partial charge is 0.308 e. The van der Waals surface area contributed by atoms with Crippen molar-refractivity contribution in [1.29, 1.82) is 0 Å². The normalized spacial score (nSPS) is 22.8. The third kappa shape index (κ3) is 3.96. The Balaban J connectivity index is 1.89.